The molecule has 5 atom stereocenters. The number of aliphatic hydroxyl groups excluding tert-OH is 1. The van der Waals surface area contributed by atoms with Gasteiger partial charge in [0, 0.05) is 55.8 Å². The topological polar surface area (TPSA) is 87.5 Å². The summed E-state index contributed by atoms with van der Waals surface area (Å²) >= 11 is 0. The van der Waals surface area contributed by atoms with E-state index in [2.05, 4.69) is 15.2 Å². The average molecular weight is 445 g/mol. The molecule has 2 aliphatic heterocycles. The number of rotatable bonds is 6. The van der Waals surface area contributed by atoms with Gasteiger partial charge in [0.25, 0.3) is 5.56 Å². The largest absolute Gasteiger partial charge is 0.396 e. The molecule has 1 fully saturated rings. The van der Waals surface area contributed by atoms with Crippen molar-refractivity contribution >= 4 is 5.91 Å². The van der Waals surface area contributed by atoms with E-state index in [1.807, 2.05) is 61.7 Å². The molecule has 0 unspecified atom stereocenters. The number of aromatic nitrogens is 2. The molecule has 1 amide bonds. The minimum Gasteiger partial charge on any atom is -0.396 e. The van der Waals surface area contributed by atoms with Gasteiger partial charge in [-0.05, 0) is 30.2 Å². The third kappa shape index (κ3) is 3.87. The fourth-order valence-electron chi connectivity index (χ4n) is 5.53. The van der Waals surface area contributed by atoms with Gasteiger partial charge in [0.1, 0.15) is 0 Å². The third-order valence-electron chi connectivity index (χ3n) is 7.09. The van der Waals surface area contributed by atoms with Crippen molar-refractivity contribution in [2.24, 2.45) is 11.8 Å². The minimum absolute atomic E-state index is 0.0704. The summed E-state index contributed by atoms with van der Waals surface area (Å²) in [4.78, 5) is 32.8. The quantitative estimate of drug-likeness (QED) is 0.609. The second-order valence-electron chi connectivity index (χ2n) is 8.96. The van der Waals surface area contributed by atoms with E-state index in [-0.39, 0.29) is 42.1 Å². The molecule has 7 heteroatoms. The summed E-state index contributed by atoms with van der Waals surface area (Å²) in [5.41, 5.74) is 2.82. The van der Waals surface area contributed by atoms with Crippen molar-refractivity contribution in [1.29, 1.82) is 0 Å². The zero-order valence-electron chi connectivity index (χ0n) is 18.5. The second-order valence-corrected chi connectivity index (χ2v) is 8.96. The summed E-state index contributed by atoms with van der Waals surface area (Å²) in [5.74, 6) is -0.855. The summed E-state index contributed by atoms with van der Waals surface area (Å²) in [6.45, 7) is 2.90. The Labute approximate surface area is 192 Å². The van der Waals surface area contributed by atoms with Crippen molar-refractivity contribution in [3.8, 4) is 0 Å². The number of hydrogen-bond donors (Lipinski definition) is 2. The van der Waals surface area contributed by atoms with Crippen molar-refractivity contribution < 1.29 is 9.90 Å². The SMILES string of the molecule is C[C@H](NC(=O)[C@H]1[C@H](CO)[C@H]2Cn3c(cccc3=O)[C@@H]1N2Cc1cccnc1)c1ccccc1. The molecule has 1 saturated heterocycles. The van der Waals surface area contributed by atoms with Gasteiger partial charge in [0.05, 0.1) is 18.0 Å². The second kappa shape index (κ2) is 8.92. The fourth-order valence-corrected chi connectivity index (χ4v) is 5.53. The lowest BCUT2D eigenvalue weighted by molar-refractivity contribution is -0.128. The third-order valence-corrected chi connectivity index (χ3v) is 7.09. The van der Waals surface area contributed by atoms with Gasteiger partial charge in [0.2, 0.25) is 5.91 Å². The molecule has 2 bridgehead atoms. The predicted octanol–water partition coefficient (Wildman–Crippen LogP) is 2.28. The van der Waals surface area contributed by atoms with Crippen molar-refractivity contribution in [3.05, 3.63) is 100 Å². The number of fused-ring (bicyclic) bond motifs is 4. The zero-order valence-corrected chi connectivity index (χ0v) is 18.5. The molecule has 2 N–H and O–H groups in total. The number of hydrogen-bond acceptors (Lipinski definition) is 5. The van der Waals surface area contributed by atoms with Crippen molar-refractivity contribution in [2.45, 2.75) is 38.1 Å². The molecular weight excluding hydrogens is 416 g/mol. The fraction of sp³-hybridized carbons (Fsp3) is 0.346. The molecular formula is C26H28N4O3. The number of pyridine rings is 2. The van der Waals surface area contributed by atoms with Crippen LogP contribution in [0.2, 0.25) is 0 Å². The Morgan fingerprint density at radius 3 is 2.70 bits per heavy atom. The first-order chi connectivity index (χ1) is 16.1. The van der Waals surface area contributed by atoms with Crippen LogP contribution in [0, 0.1) is 11.8 Å². The number of nitrogens with zero attached hydrogens (tertiary/aromatic N) is 3. The normalized spacial score (nSPS) is 24.8. The van der Waals surface area contributed by atoms with E-state index >= 15 is 0 Å². The molecule has 0 aliphatic carbocycles. The first-order valence-corrected chi connectivity index (χ1v) is 11.4. The highest BCUT2D eigenvalue weighted by molar-refractivity contribution is 5.81. The monoisotopic (exact) mass is 444 g/mol. The van der Waals surface area contributed by atoms with Gasteiger partial charge in [-0.25, -0.2) is 0 Å². The van der Waals surface area contributed by atoms with Gasteiger partial charge in [-0.2, -0.15) is 0 Å². The van der Waals surface area contributed by atoms with E-state index in [0.29, 0.717) is 13.1 Å². The van der Waals surface area contributed by atoms with Crippen LogP contribution in [-0.2, 0) is 17.9 Å². The van der Waals surface area contributed by atoms with Crippen molar-refractivity contribution in [3.63, 3.8) is 0 Å². The molecule has 3 aromatic rings. The average Bonchev–Trinajstić information content (AvgIpc) is 3.04. The number of aliphatic hydroxyl groups is 1. The van der Waals surface area contributed by atoms with Crippen LogP contribution >= 0.6 is 0 Å². The number of carbonyl (C=O) groups excluding carboxylic acids is 1. The Hall–Kier alpha value is -3.29. The number of carbonyl (C=O) groups is 1. The maximum atomic E-state index is 13.7. The van der Waals surface area contributed by atoms with Crippen molar-refractivity contribution in [2.75, 3.05) is 6.61 Å². The van der Waals surface area contributed by atoms with Gasteiger partial charge in [0.15, 0.2) is 0 Å². The van der Waals surface area contributed by atoms with Crippen LogP contribution in [0.3, 0.4) is 0 Å². The molecule has 4 heterocycles. The molecule has 0 radical (unpaired) electrons. The Balaban J connectivity index is 1.52. The van der Waals surface area contributed by atoms with Gasteiger partial charge in [-0.15, -0.1) is 0 Å². The van der Waals surface area contributed by atoms with Crippen LogP contribution in [0.5, 0.6) is 0 Å². The Bertz CT molecular complexity index is 1180. The molecule has 2 aliphatic rings. The summed E-state index contributed by atoms with van der Waals surface area (Å²) in [6, 6.07) is 18.4. The predicted molar refractivity (Wildman–Crippen MR) is 124 cm³/mol. The zero-order chi connectivity index (χ0) is 22.9. The first-order valence-electron chi connectivity index (χ1n) is 11.4. The van der Waals surface area contributed by atoms with Gasteiger partial charge < -0.3 is 15.0 Å². The van der Waals surface area contributed by atoms with Crippen LogP contribution in [0.25, 0.3) is 0 Å². The highest BCUT2D eigenvalue weighted by Gasteiger charge is 2.55. The highest BCUT2D eigenvalue weighted by Crippen LogP contribution is 2.49. The van der Waals surface area contributed by atoms with Crippen LogP contribution in [0.1, 0.15) is 35.8 Å². The van der Waals surface area contributed by atoms with E-state index in [0.717, 1.165) is 16.8 Å². The first kappa shape index (κ1) is 21.6. The maximum absolute atomic E-state index is 13.7. The summed E-state index contributed by atoms with van der Waals surface area (Å²) in [7, 11) is 0. The maximum Gasteiger partial charge on any atom is 0.250 e. The number of amides is 1. The Morgan fingerprint density at radius 2 is 1.97 bits per heavy atom. The molecule has 1 aromatic carbocycles. The Morgan fingerprint density at radius 1 is 1.15 bits per heavy atom. The standard InChI is InChI=1S/C26H28N4O3/c1-17(19-8-3-2-4-9-19)28-26(33)24-20(16-31)22-15-29-21(10-5-11-23(29)32)25(24)30(22)14-18-7-6-12-27-13-18/h2-13,17,20,22,24-25,31H,14-16H2,1H3,(H,28,33)/t17-,20+,22+,24-,25-/m0/s1. The van der Waals surface area contributed by atoms with E-state index in [4.69, 9.17) is 0 Å². The van der Waals surface area contributed by atoms with Crippen molar-refractivity contribution in [1.82, 2.24) is 19.8 Å². The van der Waals surface area contributed by atoms with E-state index < -0.39 is 5.92 Å². The van der Waals surface area contributed by atoms with E-state index in [1.165, 1.54) is 0 Å². The summed E-state index contributed by atoms with van der Waals surface area (Å²) in [6.07, 6.45) is 3.56. The molecule has 5 rings (SSSR count). The lowest BCUT2D eigenvalue weighted by Crippen LogP contribution is -2.45. The molecule has 170 valence electrons. The smallest absolute Gasteiger partial charge is 0.250 e. The molecule has 7 nitrogen and oxygen atoms in total. The summed E-state index contributed by atoms with van der Waals surface area (Å²) in [5, 5.41) is 13.6. The van der Waals surface area contributed by atoms with Crippen LogP contribution in [0.15, 0.2) is 77.9 Å². The van der Waals surface area contributed by atoms with Gasteiger partial charge in [-0.1, -0.05) is 42.5 Å². The van der Waals surface area contributed by atoms with Crippen LogP contribution in [0.4, 0.5) is 0 Å². The molecule has 0 saturated carbocycles. The van der Waals surface area contributed by atoms with Crippen LogP contribution in [-0.4, -0.2) is 38.1 Å². The summed E-state index contributed by atoms with van der Waals surface area (Å²) < 4.78 is 1.77. The molecule has 0 spiro atoms. The van der Waals surface area contributed by atoms with E-state index in [9.17, 15) is 14.7 Å². The molecule has 2 aromatic heterocycles. The minimum atomic E-state index is -0.474. The van der Waals surface area contributed by atoms with Crippen LogP contribution < -0.4 is 10.9 Å². The van der Waals surface area contributed by atoms with Gasteiger partial charge >= 0.3 is 0 Å². The lowest BCUT2D eigenvalue weighted by Gasteiger charge is -2.38. The van der Waals surface area contributed by atoms with E-state index in [1.54, 1.807) is 22.9 Å². The van der Waals surface area contributed by atoms with Gasteiger partial charge in [-0.3, -0.25) is 19.5 Å². The molecule has 33 heavy (non-hydrogen) atoms. The number of nitrogens with one attached hydrogen (secondary N) is 1. The lowest BCUT2D eigenvalue weighted by atomic mass is 9.86. The number of benzene rings is 1. The highest BCUT2D eigenvalue weighted by atomic mass is 16.3. The Kier molecular flexibility index (Phi) is 5.83.